The van der Waals surface area contributed by atoms with Crippen molar-refractivity contribution in [2.45, 2.75) is 32.7 Å². The summed E-state index contributed by atoms with van der Waals surface area (Å²) in [6.07, 6.45) is 2.07. The van der Waals surface area contributed by atoms with Gasteiger partial charge in [0.1, 0.15) is 11.6 Å². The molecule has 7 heteroatoms. The standard InChI is InChI=1S/C17H24N4O2S/c1-13-12-24-16(18-13)10-20-7-14-5-4-6-21(14)9-15(8-20)23-11-17(22)19(2)3/h4-6,12,15H,7-11H2,1-3H3. The smallest absolute Gasteiger partial charge is 0.248 e. The monoisotopic (exact) mass is 348 g/mol. The molecule has 1 atom stereocenters. The van der Waals surface area contributed by atoms with Crippen LogP contribution in [0.5, 0.6) is 0 Å². The molecule has 6 nitrogen and oxygen atoms in total. The lowest BCUT2D eigenvalue weighted by Crippen LogP contribution is -2.36. The fourth-order valence-corrected chi connectivity index (χ4v) is 3.65. The molecular formula is C17H24N4O2S. The highest BCUT2D eigenvalue weighted by atomic mass is 32.1. The molecule has 0 bridgehead atoms. The molecule has 24 heavy (non-hydrogen) atoms. The lowest BCUT2D eigenvalue weighted by molar-refractivity contribution is -0.136. The lowest BCUT2D eigenvalue weighted by atomic mass is 10.3. The van der Waals surface area contributed by atoms with E-state index in [4.69, 9.17) is 4.74 Å². The molecule has 0 aliphatic carbocycles. The van der Waals surface area contributed by atoms with E-state index >= 15 is 0 Å². The van der Waals surface area contributed by atoms with Crippen molar-refractivity contribution in [1.29, 1.82) is 0 Å². The number of hydrogen-bond acceptors (Lipinski definition) is 5. The Hall–Kier alpha value is -1.70. The SMILES string of the molecule is Cc1csc(CN2Cc3cccn3CC(OCC(=O)N(C)C)C2)n1. The summed E-state index contributed by atoms with van der Waals surface area (Å²) in [4.78, 5) is 20.3. The van der Waals surface area contributed by atoms with Crippen molar-refractivity contribution in [2.24, 2.45) is 0 Å². The van der Waals surface area contributed by atoms with Crippen LogP contribution in [0, 0.1) is 6.92 Å². The van der Waals surface area contributed by atoms with Crippen LogP contribution in [-0.2, 0) is 29.2 Å². The minimum Gasteiger partial charge on any atom is -0.365 e. The Morgan fingerprint density at radius 1 is 1.46 bits per heavy atom. The maximum absolute atomic E-state index is 11.8. The second-order valence-corrected chi connectivity index (χ2v) is 7.37. The molecule has 1 aliphatic heterocycles. The van der Waals surface area contributed by atoms with Gasteiger partial charge in [0.2, 0.25) is 5.91 Å². The number of amides is 1. The zero-order valence-corrected chi connectivity index (χ0v) is 15.3. The molecular weight excluding hydrogens is 324 g/mol. The topological polar surface area (TPSA) is 50.6 Å². The van der Waals surface area contributed by atoms with Crippen molar-refractivity contribution in [3.63, 3.8) is 0 Å². The molecule has 3 heterocycles. The second kappa shape index (κ2) is 7.46. The van der Waals surface area contributed by atoms with E-state index < -0.39 is 0 Å². The highest BCUT2D eigenvalue weighted by Crippen LogP contribution is 2.19. The first-order valence-electron chi connectivity index (χ1n) is 8.10. The zero-order chi connectivity index (χ0) is 17.1. The summed E-state index contributed by atoms with van der Waals surface area (Å²) in [5.74, 6) is -0.00549. The van der Waals surface area contributed by atoms with E-state index in [2.05, 4.69) is 38.2 Å². The minimum absolute atomic E-state index is 0.00549. The molecule has 2 aromatic heterocycles. The fourth-order valence-electron chi connectivity index (χ4n) is 2.84. The van der Waals surface area contributed by atoms with Gasteiger partial charge in [0.15, 0.2) is 0 Å². The van der Waals surface area contributed by atoms with Gasteiger partial charge >= 0.3 is 0 Å². The van der Waals surface area contributed by atoms with Gasteiger partial charge in [0.25, 0.3) is 0 Å². The third-order valence-electron chi connectivity index (χ3n) is 4.14. The Morgan fingerprint density at radius 3 is 3.00 bits per heavy atom. The zero-order valence-electron chi connectivity index (χ0n) is 14.4. The number of nitrogens with zero attached hydrogens (tertiary/aromatic N) is 4. The Kier molecular flexibility index (Phi) is 5.33. The van der Waals surface area contributed by atoms with Gasteiger partial charge in [-0.3, -0.25) is 9.69 Å². The Bertz CT molecular complexity index is 694. The minimum atomic E-state index is -0.0105. The van der Waals surface area contributed by atoms with Crippen LogP contribution >= 0.6 is 11.3 Å². The molecule has 0 fully saturated rings. The number of thiazole rings is 1. The Balaban J connectivity index is 1.69. The normalized spacial score (nSPS) is 18.2. The number of aryl methyl sites for hydroxylation is 1. The van der Waals surface area contributed by atoms with Gasteiger partial charge < -0.3 is 14.2 Å². The average molecular weight is 348 g/mol. The molecule has 1 unspecified atom stereocenters. The summed E-state index contributed by atoms with van der Waals surface area (Å²) in [6.45, 7) is 5.39. The summed E-state index contributed by atoms with van der Waals surface area (Å²) in [7, 11) is 3.50. The van der Waals surface area contributed by atoms with Gasteiger partial charge in [-0.25, -0.2) is 4.98 Å². The molecule has 0 spiro atoms. The van der Waals surface area contributed by atoms with Gasteiger partial charge in [-0.15, -0.1) is 11.3 Å². The molecule has 0 aromatic carbocycles. The lowest BCUT2D eigenvalue weighted by Gasteiger charge is -2.23. The molecule has 3 rings (SSSR count). The highest BCUT2D eigenvalue weighted by molar-refractivity contribution is 7.09. The number of hydrogen-bond donors (Lipinski definition) is 0. The maximum atomic E-state index is 11.8. The maximum Gasteiger partial charge on any atom is 0.248 e. The molecule has 0 radical (unpaired) electrons. The third-order valence-corrected chi connectivity index (χ3v) is 5.09. The predicted molar refractivity (Wildman–Crippen MR) is 93.8 cm³/mol. The first-order valence-corrected chi connectivity index (χ1v) is 8.98. The van der Waals surface area contributed by atoms with E-state index in [1.165, 1.54) is 5.69 Å². The number of fused-ring (bicyclic) bond motifs is 1. The van der Waals surface area contributed by atoms with Crippen molar-refractivity contribution < 1.29 is 9.53 Å². The van der Waals surface area contributed by atoms with Crippen LogP contribution in [0.1, 0.15) is 16.4 Å². The first-order chi connectivity index (χ1) is 11.5. The third kappa shape index (κ3) is 4.23. The van der Waals surface area contributed by atoms with E-state index in [-0.39, 0.29) is 18.6 Å². The first kappa shape index (κ1) is 17.1. The fraction of sp³-hybridized carbons (Fsp3) is 0.529. The van der Waals surface area contributed by atoms with E-state index in [0.29, 0.717) is 0 Å². The van der Waals surface area contributed by atoms with Crippen LogP contribution in [0.2, 0.25) is 0 Å². The molecule has 0 saturated carbocycles. The van der Waals surface area contributed by atoms with Crippen LogP contribution in [-0.4, -0.2) is 58.6 Å². The van der Waals surface area contributed by atoms with E-state index in [9.17, 15) is 4.79 Å². The molecule has 0 saturated heterocycles. The Labute approximate surface area is 146 Å². The van der Waals surface area contributed by atoms with Gasteiger partial charge in [-0.05, 0) is 19.1 Å². The average Bonchev–Trinajstić information content (AvgIpc) is 3.10. The quantitative estimate of drug-likeness (QED) is 0.826. The largest absolute Gasteiger partial charge is 0.365 e. The number of rotatable bonds is 5. The number of aromatic nitrogens is 2. The van der Waals surface area contributed by atoms with Crippen molar-refractivity contribution in [3.05, 3.63) is 40.1 Å². The summed E-state index contributed by atoms with van der Waals surface area (Å²) in [5, 5.41) is 3.20. The molecule has 2 aromatic rings. The van der Waals surface area contributed by atoms with Crippen LogP contribution in [0.3, 0.4) is 0 Å². The van der Waals surface area contributed by atoms with E-state index in [0.717, 1.165) is 36.9 Å². The van der Waals surface area contributed by atoms with Crippen molar-refractivity contribution in [2.75, 3.05) is 27.2 Å². The van der Waals surface area contributed by atoms with Gasteiger partial charge in [0, 0.05) is 56.7 Å². The molecule has 1 amide bonds. The number of ether oxygens (including phenoxy) is 1. The summed E-state index contributed by atoms with van der Waals surface area (Å²) in [6, 6.07) is 4.21. The number of carbonyl (C=O) groups is 1. The summed E-state index contributed by atoms with van der Waals surface area (Å²) in [5.41, 5.74) is 2.34. The van der Waals surface area contributed by atoms with Gasteiger partial charge in [-0.2, -0.15) is 0 Å². The second-order valence-electron chi connectivity index (χ2n) is 6.43. The van der Waals surface area contributed by atoms with Crippen LogP contribution in [0.25, 0.3) is 0 Å². The van der Waals surface area contributed by atoms with Crippen molar-refractivity contribution in [1.82, 2.24) is 19.4 Å². The van der Waals surface area contributed by atoms with Crippen LogP contribution in [0.4, 0.5) is 0 Å². The van der Waals surface area contributed by atoms with Crippen LogP contribution in [0.15, 0.2) is 23.7 Å². The van der Waals surface area contributed by atoms with Crippen LogP contribution < -0.4 is 0 Å². The summed E-state index contributed by atoms with van der Waals surface area (Å²) >= 11 is 1.70. The highest BCUT2D eigenvalue weighted by Gasteiger charge is 2.23. The van der Waals surface area contributed by atoms with Crippen molar-refractivity contribution >= 4 is 17.2 Å². The van der Waals surface area contributed by atoms with Crippen molar-refractivity contribution in [3.8, 4) is 0 Å². The molecule has 130 valence electrons. The van der Waals surface area contributed by atoms with Gasteiger partial charge in [0.05, 0.1) is 12.6 Å². The van der Waals surface area contributed by atoms with E-state index in [1.807, 2.05) is 6.92 Å². The van der Waals surface area contributed by atoms with Gasteiger partial charge in [-0.1, -0.05) is 0 Å². The Morgan fingerprint density at radius 2 is 2.29 bits per heavy atom. The number of carbonyl (C=O) groups excluding carboxylic acids is 1. The predicted octanol–water partition coefficient (Wildman–Crippen LogP) is 1.74. The molecule has 1 aliphatic rings. The van der Waals surface area contributed by atoms with E-state index in [1.54, 1.807) is 30.3 Å². The number of likely N-dealkylation sites (N-methyl/N-ethyl adjacent to an activating group) is 1. The summed E-state index contributed by atoms with van der Waals surface area (Å²) < 4.78 is 8.13. The molecule has 0 N–H and O–H groups in total.